The summed E-state index contributed by atoms with van der Waals surface area (Å²) >= 11 is 0. The first kappa shape index (κ1) is 15.2. The van der Waals surface area contributed by atoms with Gasteiger partial charge in [-0.2, -0.15) is 0 Å². The van der Waals surface area contributed by atoms with Gasteiger partial charge in [-0.3, -0.25) is 9.88 Å². The Bertz CT molecular complexity index is 418. The predicted octanol–water partition coefficient (Wildman–Crippen LogP) is 1.03. The number of rotatable bonds is 4. The van der Waals surface area contributed by atoms with E-state index in [0.717, 1.165) is 31.9 Å². The van der Waals surface area contributed by atoms with E-state index in [0.29, 0.717) is 12.2 Å². The summed E-state index contributed by atoms with van der Waals surface area (Å²) in [5, 5.41) is 19.3. The molecule has 1 atom stereocenters. The molecule has 1 aromatic rings. The summed E-state index contributed by atoms with van der Waals surface area (Å²) in [4.78, 5) is 8.86. The van der Waals surface area contributed by atoms with Crippen molar-refractivity contribution in [1.82, 2.24) is 9.88 Å². The fraction of sp³-hybridized carbons (Fsp3) is 0.667. The van der Waals surface area contributed by atoms with Crippen molar-refractivity contribution in [2.75, 3.05) is 37.6 Å². The van der Waals surface area contributed by atoms with Gasteiger partial charge in [-0.1, -0.05) is 0 Å². The quantitative estimate of drug-likeness (QED) is 0.862. The third kappa shape index (κ3) is 4.16. The number of pyridine rings is 1. The Balaban J connectivity index is 1.90. The molecular formula is C15H25N3O2. The predicted molar refractivity (Wildman–Crippen MR) is 79.8 cm³/mol. The van der Waals surface area contributed by atoms with Crippen molar-refractivity contribution in [2.24, 2.45) is 0 Å². The Morgan fingerprint density at radius 3 is 2.35 bits per heavy atom. The number of piperazine rings is 1. The minimum absolute atomic E-state index is 0.521. The summed E-state index contributed by atoms with van der Waals surface area (Å²) in [6.45, 7) is 9.88. The van der Waals surface area contributed by atoms with Gasteiger partial charge in [0.15, 0.2) is 0 Å². The summed E-state index contributed by atoms with van der Waals surface area (Å²) < 4.78 is 0. The van der Waals surface area contributed by atoms with E-state index in [2.05, 4.69) is 14.8 Å². The number of anilines is 1. The van der Waals surface area contributed by atoms with Crippen molar-refractivity contribution in [2.45, 2.75) is 32.5 Å². The molecular weight excluding hydrogens is 254 g/mol. The number of hydrogen-bond acceptors (Lipinski definition) is 5. The molecule has 0 bridgehead atoms. The molecule has 1 aliphatic rings. The van der Waals surface area contributed by atoms with Gasteiger partial charge in [0.25, 0.3) is 0 Å². The monoisotopic (exact) mass is 279 g/mol. The molecule has 5 nitrogen and oxygen atoms in total. The van der Waals surface area contributed by atoms with Crippen LogP contribution in [0.25, 0.3) is 0 Å². The minimum Gasteiger partial charge on any atom is -0.389 e. The molecule has 0 spiro atoms. The molecule has 0 radical (unpaired) electrons. The molecule has 112 valence electrons. The molecule has 0 saturated carbocycles. The van der Waals surface area contributed by atoms with Crippen molar-refractivity contribution in [1.29, 1.82) is 0 Å². The smallest absolute Gasteiger partial charge is 0.0931 e. The Labute approximate surface area is 120 Å². The van der Waals surface area contributed by atoms with E-state index < -0.39 is 11.7 Å². The Morgan fingerprint density at radius 2 is 1.90 bits per heavy atom. The van der Waals surface area contributed by atoms with Crippen LogP contribution in [0.4, 0.5) is 5.69 Å². The van der Waals surface area contributed by atoms with E-state index >= 15 is 0 Å². The van der Waals surface area contributed by atoms with E-state index in [-0.39, 0.29) is 0 Å². The highest BCUT2D eigenvalue weighted by Crippen LogP contribution is 2.18. The fourth-order valence-corrected chi connectivity index (χ4v) is 2.54. The van der Waals surface area contributed by atoms with Gasteiger partial charge >= 0.3 is 0 Å². The second-order valence-corrected chi connectivity index (χ2v) is 6.19. The summed E-state index contributed by atoms with van der Waals surface area (Å²) in [6, 6.07) is 3.89. The van der Waals surface area contributed by atoms with Crippen molar-refractivity contribution >= 4 is 5.69 Å². The lowest BCUT2D eigenvalue weighted by molar-refractivity contribution is 0.0345. The van der Waals surface area contributed by atoms with Crippen LogP contribution in [0.5, 0.6) is 0 Å². The minimum atomic E-state index is -0.636. The molecule has 1 aromatic heterocycles. The highest BCUT2D eigenvalue weighted by atomic mass is 16.3. The molecule has 0 unspecified atom stereocenters. The zero-order chi connectivity index (χ0) is 14.8. The lowest BCUT2D eigenvalue weighted by Gasteiger charge is -2.38. The third-order valence-corrected chi connectivity index (χ3v) is 3.55. The zero-order valence-electron chi connectivity index (χ0n) is 12.6. The molecule has 2 N–H and O–H groups in total. The molecule has 1 saturated heterocycles. The fourth-order valence-electron chi connectivity index (χ4n) is 2.54. The maximum Gasteiger partial charge on any atom is 0.0931 e. The Kier molecular flexibility index (Phi) is 4.62. The van der Waals surface area contributed by atoms with Crippen molar-refractivity contribution in [3.05, 3.63) is 24.0 Å². The van der Waals surface area contributed by atoms with Crippen LogP contribution >= 0.6 is 0 Å². The largest absolute Gasteiger partial charge is 0.389 e. The maximum atomic E-state index is 9.85. The van der Waals surface area contributed by atoms with Crippen LogP contribution in [0.2, 0.25) is 0 Å². The van der Waals surface area contributed by atoms with Gasteiger partial charge in [-0.05, 0) is 32.9 Å². The molecule has 2 heterocycles. The molecule has 0 amide bonds. The van der Waals surface area contributed by atoms with E-state index in [4.69, 9.17) is 0 Å². The van der Waals surface area contributed by atoms with Crippen molar-refractivity contribution in [3.8, 4) is 0 Å². The molecule has 1 fully saturated rings. The van der Waals surface area contributed by atoms with Gasteiger partial charge in [0, 0.05) is 32.7 Å². The lowest BCUT2D eigenvalue weighted by Crippen LogP contribution is -2.50. The van der Waals surface area contributed by atoms with Gasteiger partial charge < -0.3 is 15.1 Å². The zero-order valence-corrected chi connectivity index (χ0v) is 12.6. The maximum absolute atomic E-state index is 9.85. The van der Waals surface area contributed by atoms with Crippen LogP contribution in [0, 0.1) is 0 Å². The van der Waals surface area contributed by atoms with Crippen LogP contribution in [0.3, 0.4) is 0 Å². The van der Waals surface area contributed by atoms with E-state index in [1.165, 1.54) is 0 Å². The third-order valence-electron chi connectivity index (χ3n) is 3.55. The Morgan fingerprint density at radius 1 is 1.25 bits per heavy atom. The molecule has 0 aliphatic carbocycles. The van der Waals surface area contributed by atoms with Crippen molar-refractivity contribution < 1.29 is 10.2 Å². The number of hydrogen-bond donors (Lipinski definition) is 2. The molecule has 0 aromatic carbocycles. The first-order valence-corrected chi connectivity index (χ1v) is 7.19. The van der Waals surface area contributed by atoms with E-state index in [9.17, 15) is 10.2 Å². The number of aliphatic hydroxyl groups excluding tert-OH is 1. The SMILES string of the molecule is C[C@H](O)c1ccc(N2CCN(CC(C)(C)O)CC2)cn1. The molecule has 20 heavy (non-hydrogen) atoms. The highest BCUT2D eigenvalue weighted by Gasteiger charge is 2.22. The summed E-state index contributed by atoms with van der Waals surface area (Å²) in [7, 11) is 0. The topological polar surface area (TPSA) is 59.8 Å². The van der Waals surface area contributed by atoms with Gasteiger partial charge in [0.2, 0.25) is 0 Å². The lowest BCUT2D eigenvalue weighted by atomic mass is 10.1. The van der Waals surface area contributed by atoms with E-state index in [1.54, 1.807) is 6.92 Å². The number of nitrogens with zero attached hydrogens (tertiary/aromatic N) is 3. The highest BCUT2D eigenvalue weighted by molar-refractivity contribution is 5.45. The summed E-state index contributed by atoms with van der Waals surface area (Å²) in [6.07, 6.45) is 1.31. The normalized spacial score (nSPS) is 19.1. The van der Waals surface area contributed by atoms with Gasteiger partial charge in [-0.25, -0.2) is 0 Å². The summed E-state index contributed by atoms with van der Waals surface area (Å²) in [5.74, 6) is 0. The van der Waals surface area contributed by atoms with Gasteiger partial charge in [0.1, 0.15) is 0 Å². The Hall–Kier alpha value is -1.17. The van der Waals surface area contributed by atoms with Crippen LogP contribution in [-0.2, 0) is 0 Å². The number of aromatic nitrogens is 1. The molecule has 1 aliphatic heterocycles. The average Bonchev–Trinajstić information content (AvgIpc) is 2.38. The average molecular weight is 279 g/mol. The van der Waals surface area contributed by atoms with Crippen LogP contribution in [0.1, 0.15) is 32.6 Å². The van der Waals surface area contributed by atoms with Crippen LogP contribution in [0.15, 0.2) is 18.3 Å². The number of aliphatic hydroxyl groups is 2. The van der Waals surface area contributed by atoms with Crippen LogP contribution < -0.4 is 4.90 Å². The summed E-state index contributed by atoms with van der Waals surface area (Å²) in [5.41, 5.74) is 1.16. The first-order chi connectivity index (χ1) is 9.35. The van der Waals surface area contributed by atoms with E-state index in [1.807, 2.05) is 32.2 Å². The van der Waals surface area contributed by atoms with Crippen LogP contribution in [-0.4, -0.2) is 58.4 Å². The van der Waals surface area contributed by atoms with Crippen molar-refractivity contribution in [3.63, 3.8) is 0 Å². The standard InChI is InChI=1S/C15H25N3O2/c1-12(19)14-5-4-13(10-16-14)18-8-6-17(7-9-18)11-15(2,3)20/h4-5,10,12,19-20H,6-9,11H2,1-3H3/t12-/m0/s1. The molecule has 2 rings (SSSR count). The molecule has 5 heteroatoms. The van der Waals surface area contributed by atoms with Gasteiger partial charge in [0.05, 0.1) is 29.3 Å². The first-order valence-electron chi connectivity index (χ1n) is 7.19. The second kappa shape index (κ2) is 6.08. The number of β-amino-alcohol motifs (C(OH)–C–C–N with tert-alkyl or cyclic N) is 1. The van der Waals surface area contributed by atoms with Gasteiger partial charge in [-0.15, -0.1) is 0 Å². The second-order valence-electron chi connectivity index (χ2n) is 6.19.